The zero-order valence-electron chi connectivity index (χ0n) is 12.2. The fourth-order valence-corrected chi connectivity index (χ4v) is 2.52. The molecule has 0 unspecified atom stereocenters. The Hall–Kier alpha value is -2.57. The maximum Gasteiger partial charge on any atom is 0.359 e. The van der Waals surface area contributed by atoms with Crippen LogP contribution in [0.3, 0.4) is 0 Å². The van der Waals surface area contributed by atoms with Gasteiger partial charge in [0, 0.05) is 12.4 Å². The smallest absolute Gasteiger partial charge is 0.359 e. The van der Waals surface area contributed by atoms with Crippen LogP contribution in [-0.4, -0.2) is 27.9 Å². The highest BCUT2D eigenvalue weighted by Crippen LogP contribution is 2.29. The lowest BCUT2D eigenvalue weighted by molar-refractivity contribution is -0.119. The molecule has 0 saturated heterocycles. The quantitative estimate of drug-likeness (QED) is 0.720. The van der Waals surface area contributed by atoms with E-state index in [4.69, 9.17) is 27.9 Å². The van der Waals surface area contributed by atoms with Crippen molar-refractivity contribution in [1.82, 2.24) is 9.38 Å². The fraction of sp³-hybridized carbons (Fsp3) is 0.0625. The Balaban J connectivity index is 1.62. The fourth-order valence-electron chi connectivity index (χ4n) is 2.03. The molecule has 6 nitrogen and oxygen atoms in total. The molecule has 3 aromatic rings. The molecule has 0 bridgehead atoms. The molecule has 1 aromatic carbocycles. The summed E-state index contributed by atoms with van der Waals surface area (Å²) in [6.07, 6.45) is 3.28. The number of para-hydroxylation sites is 1. The summed E-state index contributed by atoms with van der Waals surface area (Å²) < 4.78 is 6.64. The summed E-state index contributed by atoms with van der Waals surface area (Å²) in [5, 5.41) is 3.09. The summed E-state index contributed by atoms with van der Waals surface area (Å²) in [5.74, 6) is -1.25. The van der Waals surface area contributed by atoms with Crippen LogP contribution in [0.4, 0.5) is 5.69 Å². The van der Waals surface area contributed by atoms with Gasteiger partial charge >= 0.3 is 5.97 Å². The van der Waals surface area contributed by atoms with Gasteiger partial charge in [-0.1, -0.05) is 35.3 Å². The van der Waals surface area contributed by atoms with E-state index in [9.17, 15) is 9.59 Å². The molecule has 0 aliphatic heterocycles. The van der Waals surface area contributed by atoms with Crippen LogP contribution < -0.4 is 5.32 Å². The van der Waals surface area contributed by atoms with Gasteiger partial charge in [0.25, 0.3) is 5.91 Å². The number of carbonyl (C=O) groups is 2. The highest BCUT2D eigenvalue weighted by atomic mass is 35.5. The Labute approximate surface area is 147 Å². The van der Waals surface area contributed by atoms with Crippen LogP contribution >= 0.6 is 23.2 Å². The first-order chi connectivity index (χ1) is 11.5. The van der Waals surface area contributed by atoms with Gasteiger partial charge in [0.05, 0.1) is 15.7 Å². The van der Waals surface area contributed by atoms with Gasteiger partial charge in [-0.05, 0) is 24.3 Å². The van der Waals surface area contributed by atoms with Crippen molar-refractivity contribution in [1.29, 1.82) is 0 Å². The minimum Gasteiger partial charge on any atom is -0.451 e. The first-order valence-electron chi connectivity index (χ1n) is 6.89. The molecular formula is C16H11Cl2N3O3. The number of imidazole rings is 1. The highest BCUT2D eigenvalue weighted by molar-refractivity contribution is 6.39. The topological polar surface area (TPSA) is 72.7 Å². The van der Waals surface area contributed by atoms with Gasteiger partial charge in [-0.3, -0.25) is 4.79 Å². The summed E-state index contributed by atoms with van der Waals surface area (Å²) in [6.45, 7) is -0.478. The molecule has 0 saturated carbocycles. The number of pyridine rings is 1. The Morgan fingerprint density at radius 3 is 2.58 bits per heavy atom. The van der Waals surface area contributed by atoms with E-state index in [0.29, 0.717) is 15.7 Å². The standard InChI is InChI=1S/C16H11Cl2N3O3/c17-10-4-3-5-11(18)15(10)20-14(22)9-24-16(23)12-8-21-7-2-1-6-13(21)19-12/h1-8H,9H2,(H,20,22). The maximum atomic E-state index is 12.0. The SMILES string of the molecule is O=C(COC(=O)c1cn2ccccc2n1)Nc1c(Cl)cccc1Cl. The lowest BCUT2D eigenvalue weighted by atomic mass is 10.3. The maximum absolute atomic E-state index is 12.0. The van der Waals surface area contributed by atoms with Crippen molar-refractivity contribution >= 4 is 46.4 Å². The van der Waals surface area contributed by atoms with Crippen LogP contribution in [0.5, 0.6) is 0 Å². The molecule has 2 aromatic heterocycles. The van der Waals surface area contributed by atoms with Gasteiger partial charge in [-0.25, -0.2) is 9.78 Å². The van der Waals surface area contributed by atoms with Gasteiger partial charge in [0.2, 0.25) is 0 Å². The number of rotatable bonds is 4. The average molecular weight is 364 g/mol. The van der Waals surface area contributed by atoms with Gasteiger partial charge < -0.3 is 14.5 Å². The van der Waals surface area contributed by atoms with Crippen molar-refractivity contribution in [3.63, 3.8) is 0 Å². The van der Waals surface area contributed by atoms with E-state index in [-0.39, 0.29) is 11.4 Å². The largest absolute Gasteiger partial charge is 0.451 e. The summed E-state index contributed by atoms with van der Waals surface area (Å²) in [4.78, 5) is 28.0. The van der Waals surface area contributed by atoms with Crippen molar-refractivity contribution in [2.45, 2.75) is 0 Å². The number of anilines is 1. The predicted octanol–water partition coefficient (Wildman–Crippen LogP) is 3.44. The predicted molar refractivity (Wildman–Crippen MR) is 90.6 cm³/mol. The normalized spacial score (nSPS) is 10.6. The van der Waals surface area contributed by atoms with Gasteiger partial charge in [0.1, 0.15) is 5.65 Å². The van der Waals surface area contributed by atoms with Crippen LogP contribution in [0, 0.1) is 0 Å². The van der Waals surface area contributed by atoms with Crippen LogP contribution in [-0.2, 0) is 9.53 Å². The van der Waals surface area contributed by atoms with Gasteiger partial charge in [-0.15, -0.1) is 0 Å². The van der Waals surface area contributed by atoms with Crippen molar-refractivity contribution in [3.05, 3.63) is 64.5 Å². The summed E-state index contributed by atoms with van der Waals surface area (Å²) >= 11 is 11.9. The summed E-state index contributed by atoms with van der Waals surface area (Å²) in [7, 11) is 0. The number of halogens is 2. The molecule has 8 heteroatoms. The Bertz CT molecular complexity index is 871. The number of benzene rings is 1. The number of esters is 1. The van der Waals surface area contributed by atoms with Crippen molar-refractivity contribution in [2.75, 3.05) is 11.9 Å². The zero-order chi connectivity index (χ0) is 17.1. The minimum absolute atomic E-state index is 0.116. The molecule has 0 aliphatic rings. The van der Waals surface area contributed by atoms with Crippen LogP contribution in [0.25, 0.3) is 5.65 Å². The van der Waals surface area contributed by atoms with Gasteiger partial charge in [0.15, 0.2) is 12.3 Å². The number of fused-ring (bicyclic) bond motifs is 1. The van der Waals surface area contributed by atoms with E-state index in [2.05, 4.69) is 10.3 Å². The molecule has 0 fully saturated rings. The number of hydrogen-bond donors (Lipinski definition) is 1. The van der Waals surface area contributed by atoms with E-state index in [0.717, 1.165) is 0 Å². The highest BCUT2D eigenvalue weighted by Gasteiger charge is 2.15. The second kappa shape index (κ2) is 6.90. The molecular weight excluding hydrogens is 353 g/mol. The van der Waals surface area contributed by atoms with E-state index < -0.39 is 18.5 Å². The lowest BCUT2D eigenvalue weighted by Crippen LogP contribution is -2.21. The summed E-state index contributed by atoms with van der Waals surface area (Å²) in [5.41, 5.74) is 0.996. The molecule has 0 spiro atoms. The first kappa shape index (κ1) is 16.3. The third-order valence-corrected chi connectivity index (χ3v) is 3.76. The number of nitrogens with one attached hydrogen (secondary N) is 1. The number of carbonyl (C=O) groups excluding carboxylic acids is 2. The van der Waals surface area contributed by atoms with Crippen molar-refractivity contribution in [3.8, 4) is 0 Å². The lowest BCUT2D eigenvalue weighted by Gasteiger charge is -2.09. The number of nitrogens with zero attached hydrogens (tertiary/aromatic N) is 2. The van der Waals surface area contributed by atoms with E-state index in [1.54, 1.807) is 40.9 Å². The van der Waals surface area contributed by atoms with E-state index >= 15 is 0 Å². The number of ether oxygens (including phenoxy) is 1. The second-order valence-electron chi connectivity index (χ2n) is 4.81. The van der Waals surface area contributed by atoms with Crippen LogP contribution in [0.2, 0.25) is 10.0 Å². The molecule has 24 heavy (non-hydrogen) atoms. The monoisotopic (exact) mass is 363 g/mol. The first-order valence-corrected chi connectivity index (χ1v) is 7.65. The number of aromatic nitrogens is 2. The molecule has 1 N–H and O–H groups in total. The van der Waals surface area contributed by atoms with Crippen LogP contribution in [0.15, 0.2) is 48.8 Å². The Kier molecular flexibility index (Phi) is 4.69. The molecule has 0 aliphatic carbocycles. The molecule has 0 atom stereocenters. The Morgan fingerprint density at radius 2 is 1.88 bits per heavy atom. The Morgan fingerprint density at radius 1 is 1.12 bits per heavy atom. The summed E-state index contributed by atoms with van der Waals surface area (Å²) in [6, 6.07) is 10.2. The molecule has 122 valence electrons. The van der Waals surface area contributed by atoms with Crippen molar-refractivity contribution in [2.24, 2.45) is 0 Å². The van der Waals surface area contributed by atoms with Gasteiger partial charge in [-0.2, -0.15) is 0 Å². The third kappa shape index (κ3) is 3.50. The third-order valence-electron chi connectivity index (χ3n) is 3.13. The number of amides is 1. The zero-order valence-corrected chi connectivity index (χ0v) is 13.7. The molecule has 0 radical (unpaired) electrons. The van der Waals surface area contributed by atoms with Crippen LogP contribution in [0.1, 0.15) is 10.5 Å². The minimum atomic E-state index is -0.695. The van der Waals surface area contributed by atoms with E-state index in [1.807, 2.05) is 6.07 Å². The van der Waals surface area contributed by atoms with E-state index in [1.165, 1.54) is 6.20 Å². The number of hydrogen-bond acceptors (Lipinski definition) is 4. The molecule has 2 heterocycles. The van der Waals surface area contributed by atoms with Crippen molar-refractivity contribution < 1.29 is 14.3 Å². The molecule has 1 amide bonds. The second-order valence-corrected chi connectivity index (χ2v) is 5.63. The average Bonchev–Trinajstić information content (AvgIpc) is 3.00. The molecule has 3 rings (SSSR count).